The van der Waals surface area contributed by atoms with E-state index in [2.05, 4.69) is 341 Å². The van der Waals surface area contributed by atoms with Crippen LogP contribution in [0.25, 0.3) is 0 Å². The molecule has 1 atom stereocenters. The van der Waals surface area contributed by atoms with Crippen molar-refractivity contribution in [3.63, 3.8) is 0 Å². The second kappa shape index (κ2) is 42.9. The number of aromatic amines is 2. The van der Waals surface area contributed by atoms with Crippen LogP contribution in [0.1, 0.15) is 331 Å². The van der Waals surface area contributed by atoms with Crippen LogP contribution in [0.4, 0.5) is 0 Å². The first-order valence-electron chi connectivity index (χ1n) is 40.2. The number of nitrogens with one attached hydrogen (secondary N) is 2. The number of hydrogen-bond donors (Lipinski definition) is 2. The SMILES string of the molecule is CC(C)(C)C1C=CC(=O)O1.CC1=NC(C(C)(C)C)=CC1.CC1=NCC(C(C)(C)C)=C1.CC1=NCC=C1C(C)(C)C.CC1=NCC=C1C(C)(C)C.Cc1cc(C(C)(C)C)n[nH]1.Cc1cc(C(C)(C)C)ncn1.Cc1ccnc(C(C)(C)C)n1.Cc1ncc(C(C)(C)C)[nH]1.Cc1nccc(C(C)(C)C)n1.Cc1nocc1C(C)(C)C. The van der Waals surface area contributed by atoms with Crippen molar-refractivity contribution in [2.24, 2.45) is 47.0 Å². The molecule has 5 aliphatic heterocycles. The van der Waals surface area contributed by atoms with Crippen molar-refractivity contribution in [1.82, 2.24) is 55.2 Å². The summed E-state index contributed by atoms with van der Waals surface area (Å²) in [5.41, 5.74) is 22.2. The van der Waals surface area contributed by atoms with Crippen molar-refractivity contribution in [2.75, 3.05) is 19.6 Å². The number of esters is 1. The van der Waals surface area contributed by atoms with Gasteiger partial charge in [0, 0.05) is 137 Å². The second-order valence-corrected chi connectivity index (χ2v) is 41.1. The lowest BCUT2D eigenvalue weighted by Gasteiger charge is -2.23. The Kier molecular flexibility index (Phi) is 39.0. The van der Waals surface area contributed by atoms with E-state index in [1.807, 2.05) is 105 Å². The zero-order chi connectivity index (χ0) is 87.7. The van der Waals surface area contributed by atoms with E-state index in [-0.39, 0.29) is 66.2 Å². The van der Waals surface area contributed by atoms with E-state index in [1.165, 1.54) is 62.6 Å². The van der Waals surface area contributed by atoms with Crippen molar-refractivity contribution >= 4 is 28.8 Å². The van der Waals surface area contributed by atoms with Crippen LogP contribution in [-0.2, 0) is 42.0 Å². The van der Waals surface area contributed by atoms with Gasteiger partial charge < -0.3 is 14.2 Å². The number of aliphatic imine (C=N–C) groups is 4. The maximum Gasteiger partial charge on any atom is 0.331 e. The molecule has 6 aromatic rings. The molecule has 0 amide bonds. The molecule has 5 aliphatic rings. The number of carbonyl (C=O) groups is 1. The zero-order valence-electron chi connectivity index (χ0n) is 79.1. The molecule has 11 heterocycles. The fourth-order valence-electron chi connectivity index (χ4n) is 10.7. The Morgan fingerprint density at radius 3 is 1.25 bits per heavy atom. The third-order valence-corrected chi connectivity index (χ3v) is 17.8. The smallest absolute Gasteiger partial charge is 0.331 e. The first-order chi connectivity index (χ1) is 51.0. The molecule has 0 bridgehead atoms. The van der Waals surface area contributed by atoms with E-state index in [1.54, 1.807) is 12.6 Å². The third-order valence-electron chi connectivity index (χ3n) is 17.8. The number of cyclic esters (lactones) is 1. The van der Waals surface area contributed by atoms with Gasteiger partial charge >= 0.3 is 5.97 Å². The van der Waals surface area contributed by atoms with E-state index in [0.29, 0.717) is 5.41 Å². The summed E-state index contributed by atoms with van der Waals surface area (Å²) in [6.07, 6.45) is 22.0. The highest BCUT2D eigenvalue weighted by molar-refractivity contribution is 6.01. The molecule has 628 valence electrons. The standard InChI is InChI=1S/3C9H14N2.4C9H15N.2C8H14N2.C8H13NO.C8H12O2/c1-7-5-8(9(2,3)4)11-6-10-7;1-7-10-6-5-8(11-7)9(2,3)4;1-7-5-6-10-8(11-7)9(2,3)4;1-7-5-8(6-10-7)9(2,3)4;2*1-7-8(5-6-10-7)9(2,3)4;1-7-5-6-8(10-7)9(2,3)4;1-6-9-5-7(10-6)8(2,3)4;1-6-5-7(10-9-6)8(2,3)4;1-6-7(5-10-9-6)8(2,3)4;1-8(2,3)6-4-5-7(9)10-6/h3*5-6H,1-4H3;3*5H,6H2,1-4H3;6H,5H2,1-4H3;2*5H,1-4H3,(H,9,10);5H,1-4H3;4-6H,1-3H3. The van der Waals surface area contributed by atoms with Crippen molar-refractivity contribution in [2.45, 2.75) is 343 Å². The fraction of sp³-hybridized carbons (Fsp3) is 0.621. The monoisotopic (exact) mass is 1550 g/mol. The number of hydrogen-bond acceptors (Lipinski definition) is 16. The van der Waals surface area contributed by atoms with Gasteiger partial charge in [-0.1, -0.05) is 252 Å². The summed E-state index contributed by atoms with van der Waals surface area (Å²) in [5, 5.41) is 10.9. The van der Waals surface area contributed by atoms with Gasteiger partial charge in [-0.25, -0.2) is 39.7 Å². The molecular weight excluding hydrogens is 1400 g/mol. The molecule has 18 heteroatoms. The second-order valence-electron chi connectivity index (χ2n) is 41.1. The predicted molar refractivity (Wildman–Crippen MR) is 481 cm³/mol. The van der Waals surface area contributed by atoms with Gasteiger partial charge in [-0.3, -0.25) is 25.1 Å². The molecule has 11 rings (SSSR count). The Balaban J connectivity index is 0.000000622. The zero-order valence-corrected chi connectivity index (χ0v) is 79.1. The minimum absolute atomic E-state index is 0.0304. The van der Waals surface area contributed by atoms with Crippen LogP contribution in [0, 0.1) is 68.6 Å². The van der Waals surface area contributed by atoms with E-state index in [4.69, 9.17) is 9.26 Å². The predicted octanol–water partition coefficient (Wildman–Crippen LogP) is 24.2. The number of H-pyrrole nitrogens is 2. The molecule has 18 nitrogen and oxygen atoms in total. The number of aromatic nitrogens is 11. The van der Waals surface area contributed by atoms with Crippen LogP contribution in [0.15, 0.2) is 139 Å². The Hall–Kier alpha value is -8.28. The Morgan fingerprint density at radius 2 is 1.02 bits per heavy atom. The van der Waals surface area contributed by atoms with Gasteiger partial charge in [-0.05, 0) is 144 Å². The Bertz CT molecular complexity index is 4000. The van der Waals surface area contributed by atoms with E-state index < -0.39 is 0 Å². The summed E-state index contributed by atoms with van der Waals surface area (Å²) in [6.45, 7) is 94.2. The Morgan fingerprint density at radius 1 is 0.487 bits per heavy atom. The highest BCUT2D eigenvalue weighted by atomic mass is 16.5. The summed E-state index contributed by atoms with van der Waals surface area (Å²) in [7, 11) is 0. The lowest BCUT2D eigenvalue weighted by molar-refractivity contribution is -0.142. The van der Waals surface area contributed by atoms with E-state index in [0.717, 1.165) is 83.4 Å². The van der Waals surface area contributed by atoms with Gasteiger partial charge in [0.25, 0.3) is 0 Å². The summed E-state index contributed by atoms with van der Waals surface area (Å²) in [4.78, 5) is 60.4. The average Bonchev–Trinajstić information content (AvgIpc) is 1.56. The van der Waals surface area contributed by atoms with Gasteiger partial charge in [0.05, 0.1) is 31.0 Å². The van der Waals surface area contributed by atoms with E-state index >= 15 is 0 Å². The lowest BCUT2D eigenvalue weighted by Crippen LogP contribution is -2.25. The van der Waals surface area contributed by atoms with Crippen LogP contribution in [-0.4, -0.2) is 110 Å². The quantitative estimate of drug-likeness (QED) is 0.135. The van der Waals surface area contributed by atoms with Crippen molar-refractivity contribution in [3.8, 4) is 0 Å². The molecule has 0 aromatic carbocycles. The highest BCUT2D eigenvalue weighted by Crippen LogP contribution is 2.33. The van der Waals surface area contributed by atoms with Crippen molar-refractivity contribution in [1.29, 1.82) is 0 Å². The van der Waals surface area contributed by atoms with Gasteiger partial charge in [0.1, 0.15) is 36.2 Å². The summed E-state index contributed by atoms with van der Waals surface area (Å²) >= 11 is 0. The normalized spacial score (nSPS) is 15.5. The summed E-state index contributed by atoms with van der Waals surface area (Å²) < 4.78 is 9.80. The molecule has 6 aromatic heterocycles. The van der Waals surface area contributed by atoms with E-state index in [9.17, 15) is 4.79 Å². The molecule has 1 unspecified atom stereocenters. The average molecular weight is 1560 g/mol. The lowest BCUT2D eigenvalue weighted by atomic mass is 9.84. The minimum Gasteiger partial charge on any atom is -0.454 e. The number of allylic oxidation sites excluding steroid dienone is 5. The number of carbonyl (C=O) groups excluding carboxylic acids is 1. The molecule has 0 spiro atoms. The third kappa shape index (κ3) is 40.5. The highest BCUT2D eigenvalue weighted by Gasteiger charge is 2.30. The minimum atomic E-state index is -0.222. The Labute approximate surface area is 686 Å². The van der Waals surface area contributed by atoms with Crippen LogP contribution >= 0.6 is 0 Å². The first-order valence-corrected chi connectivity index (χ1v) is 40.2. The van der Waals surface area contributed by atoms with Crippen LogP contribution in [0.3, 0.4) is 0 Å². The number of nitrogens with zero attached hydrogens (tertiary/aromatic N) is 13. The van der Waals surface area contributed by atoms with Crippen molar-refractivity contribution < 1.29 is 14.1 Å². The van der Waals surface area contributed by atoms with Crippen LogP contribution < -0.4 is 0 Å². The number of ether oxygens (including phenoxy) is 1. The van der Waals surface area contributed by atoms with Gasteiger partial charge in [-0.2, -0.15) is 5.10 Å². The molecule has 0 radical (unpaired) electrons. The molecule has 2 N–H and O–H groups in total. The maximum atomic E-state index is 10.6. The van der Waals surface area contributed by atoms with Gasteiger partial charge in [0.2, 0.25) is 0 Å². The largest absolute Gasteiger partial charge is 0.454 e. The van der Waals surface area contributed by atoms with Crippen LogP contribution in [0.5, 0.6) is 0 Å². The molecule has 113 heavy (non-hydrogen) atoms. The molecule has 0 fully saturated rings. The summed E-state index contributed by atoms with van der Waals surface area (Å²) in [5.74, 6) is 2.53. The molecule has 0 saturated carbocycles. The summed E-state index contributed by atoms with van der Waals surface area (Å²) in [6, 6.07) is 7.99. The number of rotatable bonds is 0. The molecule has 0 saturated heterocycles. The number of aryl methyl sites for hydroxylation is 6. The molecule has 0 aliphatic carbocycles. The van der Waals surface area contributed by atoms with Gasteiger partial charge in [-0.15, -0.1) is 0 Å². The number of imidazole rings is 1. The molecular formula is C95H155N15O3. The maximum absolute atomic E-state index is 10.6. The topological polar surface area (TPSA) is 236 Å². The first kappa shape index (κ1) is 103. The van der Waals surface area contributed by atoms with Crippen molar-refractivity contribution in [3.05, 3.63) is 183 Å². The fourth-order valence-corrected chi connectivity index (χ4v) is 10.7. The van der Waals surface area contributed by atoms with Crippen LogP contribution in [0.2, 0.25) is 0 Å². The van der Waals surface area contributed by atoms with Gasteiger partial charge in [0.15, 0.2) is 0 Å².